The highest BCUT2D eigenvalue weighted by atomic mass is 16.7. The van der Waals surface area contributed by atoms with E-state index in [0.29, 0.717) is 30.1 Å². The fourth-order valence-electron chi connectivity index (χ4n) is 3.54. The molecule has 0 saturated heterocycles. The zero-order valence-electron chi connectivity index (χ0n) is 12.5. The van der Waals surface area contributed by atoms with Gasteiger partial charge in [-0.3, -0.25) is 4.79 Å². The van der Waals surface area contributed by atoms with Gasteiger partial charge < -0.3 is 4.84 Å². The van der Waals surface area contributed by atoms with Crippen LogP contribution in [0.15, 0.2) is 0 Å². The van der Waals surface area contributed by atoms with Crippen LogP contribution in [0.3, 0.4) is 0 Å². The van der Waals surface area contributed by atoms with Gasteiger partial charge in [-0.2, -0.15) is 5.48 Å². The van der Waals surface area contributed by atoms with Crippen LogP contribution in [0, 0.1) is 29.6 Å². The molecule has 4 unspecified atom stereocenters. The van der Waals surface area contributed by atoms with Crippen LogP contribution >= 0.6 is 0 Å². The Balaban J connectivity index is 2.79. The van der Waals surface area contributed by atoms with Crippen LogP contribution in [0.1, 0.15) is 53.4 Å². The van der Waals surface area contributed by atoms with Gasteiger partial charge >= 0.3 is 5.97 Å². The second-order valence-corrected chi connectivity index (χ2v) is 6.16. The predicted octanol–water partition coefficient (Wildman–Crippen LogP) is 2.93. The summed E-state index contributed by atoms with van der Waals surface area (Å²) >= 11 is 0. The second-order valence-electron chi connectivity index (χ2n) is 6.16. The molecule has 19 heavy (non-hydrogen) atoms. The molecule has 110 valence electrons. The number of hydrogen-bond donors (Lipinski definition) is 1. The third kappa shape index (κ3) is 4.22. The third-order valence-corrected chi connectivity index (χ3v) is 4.54. The smallest absolute Gasteiger partial charge is 0.335 e. The molecule has 0 aliphatic heterocycles. The molecular formula is C15H27NO3. The van der Waals surface area contributed by atoms with E-state index >= 15 is 0 Å². The van der Waals surface area contributed by atoms with Gasteiger partial charge in [-0.25, -0.2) is 4.79 Å². The summed E-state index contributed by atoms with van der Waals surface area (Å²) in [6.45, 7) is 8.74. The normalized spacial score (nSPS) is 28.8. The van der Waals surface area contributed by atoms with Crippen molar-refractivity contribution in [2.75, 3.05) is 0 Å². The largest absolute Gasteiger partial charge is 0.341 e. The molecule has 1 rings (SSSR count). The number of amides is 1. The lowest BCUT2D eigenvalue weighted by Crippen LogP contribution is -2.38. The van der Waals surface area contributed by atoms with Gasteiger partial charge in [0, 0.05) is 0 Å². The topological polar surface area (TPSA) is 55.4 Å². The lowest BCUT2D eigenvalue weighted by Gasteiger charge is -2.40. The minimum absolute atomic E-state index is 0.109. The van der Waals surface area contributed by atoms with E-state index in [0.717, 1.165) is 12.8 Å². The molecule has 1 amide bonds. The highest BCUT2D eigenvalue weighted by Crippen LogP contribution is 2.43. The molecular weight excluding hydrogens is 242 g/mol. The first kappa shape index (κ1) is 16.0. The van der Waals surface area contributed by atoms with E-state index < -0.39 is 0 Å². The summed E-state index contributed by atoms with van der Waals surface area (Å²) in [5.41, 5.74) is 2.03. The van der Waals surface area contributed by atoms with Crippen LogP contribution in [0.5, 0.6) is 0 Å². The van der Waals surface area contributed by atoms with Crippen LogP contribution in [0.4, 0.5) is 0 Å². The average Bonchev–Trinajstić information content (AvgIpc) is 2.37. The van der Waals surface area contributed by atoms with E-state index in [4.69, 9.17) is 4.84 Å². The van der Waals surface area contributed by atoms with Crippen LogP contribution in [-0.2, 0) is 14.4 Å². The molecule has 4 nitrogen and oxygen atoms in total. The summed E-state index contributed by atoms with van der Waals surface area (Å²) in [7, 11) is 0. The van der Waals surface area contributed by atoms with Crippen molar-refractivity contribution in [3.63, 3.8) is 0 Å². The number of nitrogens with one attached hydrogen (secondary N) is 1. The van der Waals surface area contributed by atoms with Gasteiger partial charge in [-0.05, 0) is 42.9 Å². The Morgan fingerprint density at radius 3 is 2.58 bits per heavy atom. The molecule has 4 heteroatoms. The van der Waals surface area contributed by atoms with Gasteiger partial charge in [0.25, 0.3) is 0 Å². The Hall–Kier alpha value is -1.06. The second kappa shape index (κ2) is 7.51. The van der Waals surface area contributed by atoms with Gasteiger partial charge in [0.15, 0.2) is 0 Å². The van der Waals surface area contributed by atoms with Crippen molar-refractivity contribution in [3.05, 3.63) is 0 Å². The average molecular weight is 269 g/mol. The van der Waals surface area contributed by atoms with Crippen LogP contribution in [0.25, 0.3) is 0 Å². The summed E-state index contributed by atoms with van der Waals surface area (Å²) in [5.74, 6) is 1.79. The van der Waals surface area contributed by atoms with Gasteiger partial charge in [0.2, 0.25) is 6.41 Å². The first-order valence-electron chi connectivity index (χ1n) is 7.41. The van der Waals surface area contributed by atoms with Crippen molar-refractivity contribution in [3.8, 4) is 0 Å². The number of carbonyl (C=O) groups is 2. The van der Waals surface area contributed by atoms with E-state index in [1.165, 1.54) is 12.8 Å². The lowest BCUT2D eigenvalue weighted by atomic mass is 9.65. The first-order chi connectivity index (χ1) is 9.01. The predicted molar refractivity (Wildman–Crippen MR) is 73.9 cm³/mol. The monoisotopic (exact) mass is 269 g/mol. The summed E-state index contributed by atoms with van der Waals surface area (Å²) in [6, 6.07) is 0. The molecule has 0 aromatic rings. The van der Waals surface area contributed by atoms with Crippen molar-refractivity contribution < 1.29 is 14.4 Å². The molecule has 1 aliphatic rings. The molecule has 0 spiro atoms. The van der Waals surface area contributed by atoms with Crippen LogP contribution < -0.4 is 5.48 Å². The molecule has 1 saturated carbocycles. The Kier molecular flexibility index (Phi) is 6.32. The molecule has 0 radical (unpaired) electrons. The van der Waals surface area contributed by atoms with E-state index in [9.17, 15) is 9.59 Å². The molecule has 0 bridgehead atoms. The summed E-state index contributed by atoms with van der Waals surface area (Å²) in [5, 5.41) is 0. The summed E-state index contributed by atoms with van der Waals surface area (Å²) in [6.07, 6.45) is 4.68. The fourth-order valence-corrected chi connectivity index (χ4v) is 3.54. The van der Waals surface area contributed by atoms with E-state index in [-0.39, 0.29) is 11.9 Å². The van der Waals surface area contributed by atoms with Gasteiger partial charge in [-0.15, -0.1) is 0 Å². The van der Waals surface area contributed by atoms with Gasteiger partial charge in [0.1, 0.15) is 0 Å². The quantitative estimate of drug-likeness (QED) is 0.596. The SMILES string of the molecule is CCC(C(=O)ONC=O)C1CC(C)CCC1C(C)C. The van der Waals surface area contributed by atoms with E-state index in [1.807, 2.05) is 12.4 Å². The number of hydroxylamine groups is 1. The maximum Gasteiger partial charge on any atom is 0.335 e. The molecule has 1 aliphatic carbocycles. The minimum Gasteiger partial charge on any atom is -0.341 e. The van der Waals surface area contributed by atoms with E-state index in [2.05, 4.69) is 20.8 Å². The van der Waals surface area contributed by atoms with Crippen molar-refractivity contribution >= 4 is 12.4 Å². The molecule has 1 N–H and O–H groups in total. The van der Waals surface area contributed by atoms with Crippen molar-refractivity contribution in [2.45, 2.75) is 53.4 Å². The fraction of sp³-hybridized carbons (Fsp3) is 0.867. The Morgan fingerprint density at radius 1 is 1.37 bits per heavy atom. The number of hydrogen-bond acceptors (Lipinski definition) is 3. The summed E-state index contributed by atoms with van der Waals surface area (Å²) in [4.78, 5) is 27.1. The minimum atomic E-state index is -0.292. The lowest BCUT2D eigenvalue weighted by molar-refractivity contribution is -0.162. The first-order valence-corrected chi connectivity index (χ1v) is 7.41. The maximum atomic E-state index is 12.1. The van der Waals surface area contributed by atoms with Crippen molar-refractivity contribution in [2.24, 2.45) is 29.6 Å². The van der Waals surface area contributed by atoms with Gasteiger partial charge in [0.05, 0.1) is 5.92 Å². The number of carbonyl (C=O) groups excluding carboxylic acids is 2. The maximum absolute atomic E-state index is 12.1. The molecule has 1 fully saturated rings. The standard InChI is InChI=1S/C15H27NO3/c1-5-12(15(18)19-16-9-17)14-8-11(4)6-7-13(14)10(2)3/h9-14H,5-8H2,1-4H3,(H,16,17). The van der Waals surface area contributed by atoms with Crippen LogP contribution in [0.2, 0.25) is 0 Å². The Morgan fingerprint density at radius 2 is 2.05 bits per heavy atom. The zero-order chi connectivity index (χ0) is 14.4. The Bertz CT molecular complexity index is 304. The zero-order valence-corrected chi connectivity index (χ0v) is 12.5. The molecule has 0 heterocycles. The van der Waals surface area contributed by atoms with Crippen LogP contribution in [-0.4, -0.2) is 12.4 Å². The van der Waals surface area contributed by atoms with E-state index in [1.54, 1.807) is 0 Å². The number of rotatable bonds is 6. The third-order valence-electron chi connectivity index (χ3n) is 4.54. The highest BCUT2D eigenvalue weighted by molar-refractivity contribution is 5.73. The van der Waals surface area contributed by atoms with Crippen molar-refractivity contribution in [1.29, 1.82) is 0 Å². The molecule has 0 aromatic carbocycles. The summed E-state index contributed by atoms with van der Waals surface area (Å²) < 4.78 is 0. The molecule has 4 atom stereocenters. The highest BCUT2D eigenvalue weighted by Gasteiger charge is 2.39. The van der Waals surface area contributed by atoms with Crippen molar-refractivity contribution in [1.82, 2.24) is 5.48 Å². The van der Waals surface area contributed by atoms with Gasteiger partial charge in [-0.1, -0.05) is 34.1 Å². The Labute approximate surface area is 116 Å². The molecule has 0 aromatic heterocycles.